The zero-order valence-electron chi connectivity index (χ0n) is 23.4. The second-order valence-corrected chi connectivity index (χ2v) is 10.2. The average molecular weight is 512 g/mol. The summed E-state index contributed by atoms with van der Waals surface area (Å²) < 4.78 is 1.07. The number of hydrogen-bond acceptors (Lipinski definition) is 1. The number of hydrogen-bond donors (Lipinski definition) is 0. The van der Waals surface area contributed by atoms with E-state index in [4.69, 9.17) is 0 Å². The maximum absolute atomic E-state index is 2.43. The van der Waals surface area contributed by atoms with E-state index in [1.807, 2.05) is 0 Å². The first-order chi connectivity index (χ1) is 19.2. The molecule has 5 aromatic rings. The van der Waals surface area contributed by atoms with Gasteiger partial charge in [0.1, 0.15) is 6.54 Å². The van der Waals surface area contributed by atoms with Crippen LogP contribution >= 0.6 is 0 Å². The summed E-state index contributed by atoms with van der Waals surface area (Å²) in [4.78, 5) is 2.38. The van der Waals surface area contributed by atoms with Gasteiger partial charge in [-0.1, -0.05) is 97.1 Å². The molecule has 5 aromatic carbocycles. The Bertz CT molecular complexity index is 1450. The fourth-order valence-electron chi connectivity index (χ4n) is 5.57. The van der Waals surface area contributed by atoms with Crippen molar-refractivity contribution in [3.63, 3.8) is 0 Å². The molecule has 0 radical (unpaired) electrons. The lowest BCUT2D eigenvalue weighted by Crippen LogP contribution is -2.46. The highest BCUT2D eigenvalue weighted by Crippen LogP contribution is 2.38. The molecule has 2 heteroatoms. The Morgan fingerprint density at radius 2 is 0.923 bits per heavy atom. The molecular formula is C37H39N2+. The fraction of sp³-hybridized carbons (Fsp3) is 0.189. The Morgan fingerprint density at radius 3 is 1.49 bits per heavy atom. The van der Waals surface area contributed by atoms with Gasteiger partial charge < -0.3 is 9.38 Å². The van der Waals surface area contributed by atoms with E-state index in [2.05, 4.69) is 159 Å². The van der Waals surface area contributed by atoms with Gasteiger partial charge in [-0.3, -0.25) is 0 Å². The molecule has 0 aliphatic rings. The van der Waals surface area contributed by atoms with Crippen molar-refractivity contribution < 1.29 is 4.48 Å². The molecular weight excluding hydrogens is 472 g/mol. The minimum atomic E-state index is 1.01. The van der Waals surface area contributed by atoms with Crippen LogP contribution in [-0.2, 0) is 6.54 Å². The number of nitrogens with zero attached hydrogens (tertiary/aromatic N) is 2. The summed E-state index contributed by atoms with van der Waals surface area (Å²) in [7, 11) is 0. The third-order valence-electron chi connectivity index (χ3n) is 8.20. The minimum Gasteiger partial charge on any atom is -0.321 e. The van der Waals surface area contributed by atoms with E-state index in [0.717, 1.165) is 42.0 Å². The van der Waals surface area contributed by atoms with Crippen LogP contribution in [0.15, 0.2) is 133 Å². The molecule has 0 aliphatic carbocycles. The van der Waals surface area contributed by atoms with Crippen LogP contribution in [0.2, 0.25) is 0 Å². The summed E-state index contributed by atoms with van der Waals surface area (Å²) in [5.74, 6) is 0. The van der Waals surface area contributed by atoms with Crippen LogP contribution in [0.1, 0.15) is 26.3 Å². The third kappa shape index (κ3) is 5.82. The van der Waals surface area contributed by atoms with Gasteiger partial charge in [-0.05, 0) is 79.4 Å². The second kappa shape index (κ2) is 12.1. The summed E-state index contributed by atoms with van der Waals surface area (Å²) in [6.45, 7) is 11.3. The number of anilines is 3. The Morgan fingerprint density at radius 1 is 0.462 bits per heavy atom. The number of quaternary nitrogens is 1. The van der Waals surface area contributed by atoms with Crippen LogP contribution in [0.5, 0.6) is 0 Å². The Balaban J connectivity index is 1.63. The summed E-state index contributed by atoms with van der Waals surface area (Å²) in [6.07, 6.45) is 0. The Hall–Kier alpha value is -4.14. The lowest BCUT2D eigenvalue weighted by molar-refractivity contribution is -0.936. The SMILES string of the molecule is CC[N+](CC)(CC)Cc1cc(N(c2ccccc2)c2ccc(-c3ccccc3)cc2)ccc1-c1ccccc1. The van der Waals surface area contributed by atoms with E-state index >= 15 is 0 Å². The van der Waals surface area contributed by atoms with Gasteiger partial charge in [-0.15, -0.1) is 0 Å². The van der Waals surface area contributed by atoms with Crippen LogP contribution in [0.3, 0.4) is 0 Å². The quantitative estimate of drug-likeness (QED) is 0.169. The summed E-state index contributed by atoms with van der Waals surface area (Å²) in [6, 6.07) is 48.1. The molecule has 0 aromatic heterocycles. The van der Waals surface area contributed by atoms with Crippen LogP contribution in [0, 0.1) is 0 Å². The largest absolute Gasteiger partial charge is 0.321 e. The van der Waals surface area contributed by atoms with Crippen molar-refractivity contribution in [3.8, 4) is 22.3 Å². The van der Waals surface area contributed by atoms with Gasteiger partial charge in [0, 0.05) is 22.6 Å². The highest BCUT2D eigenvalue weighted by atomic mass is 15.3. The number of para-hydroxylation sites is 1. The molecule has 5 rings (SSSR count). The van der Waals surface area contributed by atoms with Crippen molar-refractivity contribution in [2.45, 2.75) is 27.3 Å². The zero-order chi connectivity index (χ0) is 27.1. The van der Waals surface area contributed by atoms with Crippen molar-refractivity contribution >= 4 is 17.1 Å². The molecule has 0 unspecified atom stereocenters. The Kier molecular flexibility index (Phi) is 8.24. The fourth-order valence-corrected chi connectivity index (χ4v) is 5.57. The molecule has 0 atom stereocenters. The van der Waals surface area contributed by atoms with Crippen molar-refractivity contribution in [2.24, 2.45) is 0 Å². The van der Waals surface area contributed by atoms with Gasteiger partial charge in [-0.25, -0.2) is 0 Å². The van der Waals surface area contributed by atoms with Crippen molar-refractivity contribution in [1.82, 2.24) is 0 Å². The normalized spacial score (nSPS) is 11.4. The summed E-state index contributed by atoms with van der Waals surface area (Å²) >= 11 is 0. The van der Waals surface area contributed by atoms with E-state index in [1.54, 1.807) is 0 Å². The van der Waals surface area contributed by atoms with E-state index in [-0.39, 0.29) is 0 Å². The van der Waals surface area contributed by atoms with Gasteiger partial charge in [0.25, 0.3) is 0 Å². The predicted octanol–water partition coefficient (Wildman–Crippen LogP) is 9.87. The molecule has 0 amide bonds. The van der Waals surface area contributed by atoms with Crippen LogP contribution in [-0.4, -0.2) is 24.1 Å². The van der Waals surface area contributed by atoms with E-state index in [9.17, 15) is 0 Å². The average Bonchev–Trinajstić information content (AvgIpc) is 3.02. The third-order valence-corrected chi connectivity index (χ3v) is 8.20. The first-order valence-corrected chi connectivity index (χ1v) is 14.2. The smallest absolute Gasteiger partial charge is 0.105 e. The molecule has 0 fully saturated rings. The standard InChI is InChI=1S/C37H39N2/c1-4-39(5-2,6-3)29-33-28-36(26-27-37(33)32-18-12-8-13-19-32)38(34-20-14-9-15-21-34)35-24-22-31(23-25-35)30-16-10-7-11-17-30/h7-28H,4-6,29H2,1-3H3/q+1. The van der Waals surface area contributed by atoms with Crippen LogP contribution < -0.4 is 4.90 Å². The minimum absolute atomic E-state index is 1.01. The first-order valence-electron chi connectivity index (χ1n) is 14.2. The maximum Gasteiger partial charge on any atom is 0.105 e. The molecule has 196 valence electrons. The van der Waals surface area contributed by atoms with Gasteiger partial charge in [0.05, 0.1) is 19.6 Å². The second-order valence-electron chi connectivity index (χ2n) is 10.2. The van der Waals surface area contributed by atoms with Gasteiger partial charge in [-0.2, -0.15) is 0 Å². The maximum atomic E-state index is 2.43. The molecule has 39 heavy (non-hydrogen) atoms. The van der Waals surface area contributed by atoms with Crippen molar-refractivity contribution in [1.29, 1.82) is 0 Å². The zero-order valence-corrected chi connectivity index (χ0v) is 23.4. The lowest BCUT2D eigenvalue weighted by atomic mass is 9.97. The summed E-state index contributed by atoms with van der Waals surface area (Å²) in [5, 5.41) is 0. The molecule has 0 saturated carbocycles. The van der Waals surface area contributed by atoms with Gasteiger partial charge >= 0.3 is 0 Å². The van der Waals surface area contributed by atoms with E-state index < -0.39 is 0 Å². The summed E-state index contributed by atoms with van der Waals surface area (Å²) in [5.41, 5.74) is 9.95. The molecule has 2 nitrogen and oxygen atoms in total. The topological polar surface area (TPSA) is 3.24 Å². The van der Waals surface area contributed by atoms with E-state index in [0.29, 0.717) is 0 Å². The number of rotatable bonds is 10. The lowest BCUT2D eigenvalue weighted by Gasteiger charge is -2.37. The molecule has 0 spiro atoms. The monoisotopic (exact) mass is 511 g/mol. The van der Waals surface area contributed by atoms with Crippen molar-refractivity contribution in [2.75, 3.05) is 24.5 Å². The first kappa shape index (κ1) is 26.5. The molecule has 0 bridgehead atoms. The highest BCUT2D eigenvalue weighted by molar-refractivity contribution is 5.80. The van der Waals surface area contributed by atoms with E-state index in [1.165, 1.54) is 33.5 Å². The predicted molar refractivity (Wildman–Crippen MR) is 168 cm³/mol. The molecule has 0 saturated heterocycles. The molecule has 0 N–H and O–H groups in total. The highest BCUT2D eigenvalue weighted by Gasteiger charge is 2.24. The van der Waals surface area contributed by atoms with Gasteiger partial charge in [0.2, 0.25) is 0 Å². The Labute approximate surface area is 234 Å². The molecule has 0 heterocycles. The van der Waals surface area contributed by atoms with Gasteiger partial charge in [0.15, 0.2) is 0 Å². The molecule has 0 aliphatic heterocycles. The number of benzene rings is 5. The van der Waals surface area contributed by atoms with Crippen molar-refractivity contribution in [3.05, 3.63) is 139 Å². The van der Waals surface area contributed by atoms with Crippen LogP contribution in [0.4, 0.5) is 17.1 Å². The van der Waals surface area contributed by atoms with Crippen LogP contribution in [0.25, 0.3) is 22.3 Å².